The van der Waals surface area contributed by atoms with E-state index in [1.54, 1.807) is 0 Å². The van der Waals surface area contributed by atoms with Crippen molar-refractivity contribution in [2.24, 2.45) is 11.8 Å². The second kappa shape index (κ2) is 8.01. The van der Waals surface area contributed by atoms with Gasteiger partial charge in [-0.25, -0.2) is 4.79 Å². The Hall–Kier alpha value is -1.56. The first-order valence-electron chi connectivity index (χ1n) is 9.27. The van der Waals surface area contributed by atoms with Gasteiger partial charge in [0.2, 0.25) is 0 Å². The van der Waals surface area contributed by atoms with Gasteiger partial charge in [-0.15, -0.1) is 0 Å². The zero-order valence-corrected chi connectivity index (χ0v) is 15.0. The van der Waals surface area contributed by atoms with E-state index >= 15 is 0 Å². The van der Waals surface area contributed by atoms with Crippen molar-refractivity contribution < 1.29 is 9.32 Å². The summed E-state index contributed by atoms with van der Waals surface area (Å²) in [5.41, 5.74) is 0.917. The number of aryl methyl sites for hydroxylation is 1. The molecule has 2 aliphatic rings. The van der Waals surface area contributed by atoms with Crippen molar-refractivity contribution in [1.29, 1.82) is 0 Å². The Bertz CT molecular complexity index is 529. The van der Waals surface area contributed by atoms with Crippen LogP contribution in [0.25, 0.3) is 0 Å². The molecule has 2 heterocycles. The van der Waals surface area contributed by atoms with Crippen LogP contribution in [-0.2, 0) is 6.54 Å². The average Bonchev–Trinajstić information content (AvgIpc) is 2.99. The van der Waals surface area contributed by atoms with Gasteiger partial charge in [-0.2, -0.15) is 0 Å². The second-order valence-corrected chi connectivity index (χ2v) is 7.51. The summed E-state index contributed by atoms with van der Waals surface area (Å²) < 4.78 is 5.27. The van der Waals surface area contributed by atoms with E-state index in [9.17, 15) is 4.79 Å². The molecule has 3 rings (SSSR count). The topological polar surface area (TPSA) is 61.6 Å². The quantitative estimate of drug-likeness (QED) is 0.919. The third-order valence-corrected chi connectivity index (χ3v) is 5.39. The van der Waals surface area contributed by atoms with Crippen LogP contribution >= 0.6 is 0 Å². The lowest BCUT2D eigenvalue weighted by molar-refractivity contribution is 0.126. The van der Waals surface area contributed by atoms with Crippen LogP contribution in [0, 0.1) is 18.8 Å². The largest absolute Gasteiger partial charge is 0.360 e. The minimum atomic E-state index is 0.101. The molecule has 134 valence electrons. The molecule has 1 saturated heterocycles. The molecule has 24 heavy (non-hydrogen) atoms. The molecular formula is C18H30N4O2. The van der Waals surface area contributed by atoms with E-state index in [-0.39, 0.29) is 6.03 Å². The van der Waals surface area contributed by atoms with Crippen LogP contribution in [0.2, 0.25) is 0 Å². The minimum absolute atomic E-state index is 0.101. The van der Waals surface area contributed by atoms with Gasteiger partial charge < -0.3 is 14.7 Å². The number of urea groups is 1. The first-order valence-corrected chi connectivity index (χ1v) is 9.27. The molecule has 1 saturated carbocycles. The fraction of sp³-hybridized carbons (Fsp3) is 0.778. The molecule has 0 radical (unpaired) electrons. The number of amides is 2. The molecule has 0 atom stereocenters. The highest BCUT2D eigenvalue weighted by Crippen LogP contribution is 2.27. The molecule has 0 unspecified atom stereocenters. The Morgan fingerprint density at radius 1 is 1.25 bits per heavy atom. The van der Waals surface area contributed by atoms with Gasteiger partial charge in [-0.05, 0) is 31.6 Å². The van der Waals surface area contributed by atoms with Crippen LogP contribution in [0.4, 0.5) is 4.79 Å². The summed E-state index contributed by atoms with van der Waals surface area (Å²) in [6.07, 6.45) is 5.12. The third kappa shape index (κ3) is 4.72. The van der Waals surface area contributed by atoms with E-state index in [0.29, 0.717) is 5.92 Å². The number of nitrogens with one attached hydrogen (secondary N) is 1. The fourth-order valence-electron chi connectivity index (χ4n) is 3.70. The van der Waals surface area contributed by atoms with Crippen molar-refractivity contribution in [3.8, 4) is 0 Å². The van der Waals surface area contributed by atoms with Gasteiger partial charge in [-0.3, -0.25) is 4.90 Å². The van der Waals surface area contributed by atoms with Crippen LogP contribution in [0.15, 0.2) is 10.6 Å². The Kier molecular flexibility index (Phi) is 5.76. The first-order chi connectivity index (χ1) is 11.6. The van der Waals surface area contributed by atoms with Crippen molar-refractivity contribution in [3.05, 3.63) is 17.5 Å². The number of hydrogen-bond donors (Lipinski definition) is 1. The van der Waals surface area contributed by atoms with Crippen molar-refractivity contribution in [1.82, 2.24) is 20.3 Å². The van der Waals surface area contributed by atoms with E-state index in [1.165, 1.54) is 25.7 Å². The summed E-state index contributed by atoms with van der Waals surface area (Å²) in [5, 5.41) is 7.07. The lowest BCUT2D eigenvalue weighted by Gasteiger charge is -2.34. The van der Waals surface area contributed by atoms with Crippen molar-refractivity contribution >= 4 is 6.03 Å². The summed E-state index contributed by atoms with van der Waals surface area (Å²) in [4.78, 5) is 16.6. The van der Waals surface area contributed by atoms with E-state index < -0.39 is 0 Å². The Morgan fingerprint density at radius 2 is 1.96 bits per heavy atom. The van der Waals surface area contributed by atoms with E-state index in [4.69, 9.17) is 4.52 Å². The number of carbonyl (C=O) groups is 1. The van der Waals surface area contributed by atoms with Crippen molar-refractivity contribution in [2.75, 3.05) is 32.7 Å². The highest BCUT2D eigenvalue weighted by atomic mass is 16.5. The molecule has 0 aromatic carbocycles. The Balaban J connectivity index is 1.35. The van der Waals surface area contributed by atoms with Gasteiger partial charge in [0.15, 0.2) is 5.76 Å². The maximum atomic E-state index is 12.3. The van der Waals surface area contributed by atoms with Crippen LogP contribution in [0.3, 0.4) is 0 Å². The van der Waals surface area contributed by atoms with E-state index in [1.807, 2.05) is 17.9 Å². The summed E-state index contributed by atoms with van der Waals surface area (Å²) in [6.45, 7) is 9.19. The normalized spacial score (nSPS) is 25.7. The lowest BCUT2D eigenvalue weighted by Crippen LogP contribution is -2.52. The smallest absolute Gasteiger partial charge is 0.317 e. The molecule has 1 aromatic heterocycles. The number of hydrogen-bond acceptors (Lipinski definition) is 4. The minimum Gasteiger partial charge on any atom is -0.360 e. The second-order valence-electron chi connectivity index (χ2n) is 7.51. The van der Waals surface area contributed by atoms with E-state index in [0.717, 1.165) is 56.6 Å². The highest BCUT2D eigenvalue weighted by Gasteiger charge is 2.23. The number of piperazine rings is 1. The third-order valence-electron chi connectivity index (χ3n) is 5.39. The van der Waals surface area contributed by atoms with Gasteiger partial charge in [0.05, 0.1) is 12.2 Å². The highest BCUT2D eigenvalue weighted by molar-refractivity contribution is 5.74. The predicted octanol–water partition coefficient (Wildman–Crippen LogP) is 2.64. The molecule has 6 nitrogen and oxygen atoms in total. The van der Waals surface area contributed by atoms with Gasteiger partial charge in [-0.1, -0.05) is 24.9 Å². The van der Waals surface area contributed by atoms with Crippen LogP contribution in [-0.4, -0.2) is 53.7 Å². The molecule has 2 fully saturated rings. The molecule has 1 aliphatic carbocycles. The molecule has 1 N–H and O–H groups in total. The Morgan fingerprint density at radius 3 is 2.58 bits per heavy atom. The van der Waals surface area contributed by atoms with Gasteiger partial charge >= 0.3 is 6.03 Å². The lowest BCUT2D eigenvalue weighted by atomic mass is 9.83. The number of nitrogens with zero attached hydrogens (tertiary/aromatic N) is 3. The van der Waals surface area contributed by atoms with Gasteiger partial charge in [0.25, 0.3) is 0 Å². The predicted molar refractivity (Wildman–Crippen MR) is 92.6 cm³/mol. The van der Waals surface area contributed by atoms with Crippen LogP contribution < -0.4 is 5.32 Å². The molecule has 1 aliphatic heterocycles. The first kappa shape index (κ1) is 17.3. The monoisotopic (exact) mass is 334 g/mol. The number of aromatic nitrogens is 1. The standard InChI is InChI=1S/C18H30N4O2/c1-14-3-5-16(6-4-14)12-19-18(23)22-9-7-21(8-10-22)13-17-11-15(2)20-24-17/h11,14,16H,3-10,12-13H2,1-2H3,(H,19,23). The zero-order valence-electron chi connectivity index (χ0n) is 15.0. The fourth-order valence-corrected chi connectivity index (χ4v) is 3.70. The molecular weight excluding hydrogens is 304 g/mol. The summed E-state index contributed by atoms with van der Waals surface area (Å²) in [5.74, 6) is 2.43. The number of carbonyl (C=O) groups excluding carboxylic acids is 1. The zero-order chi connectivity index (χ0) is 16.9. The van der Waals surface area contributed by atoms with Gasteiger partial charge in [0, 0.05) is 38.8 Å². The van der Waals surface area contributed by atoms with Crippen molar-refractivity contribution in [2.45, 2.75) is 46.1 Å². The molecule has 2 amide bonds. The SMILES string of the molecule is Cc1cc(CN2CCN(C(=O)NCC3CCC(C)CC3)CC2)on1. The van der Waals surface area contributed by atoms with Gasteiger partial charge in [0.1, 0.15) is 0 Å². The van der Waals surface area contributed by atoms with Crippen LogP contribution in [0.1, 0.15) is 44.1 Å². The maximum Gasteiger partial charge on any atom is 0.317 e. The summed E-state index contributed by atoms with van der Waals surface area (Å²) in [6, 6.07) is 2.08. The Labute approximate surface area is 144 Å². The maximum absolute atomic E-state index is 12.3. The summed E-state index contributed by atoms with van der Waals surface area (Å²) >= 11 is 0. The average molecular weight is 334 g/mol. The molecule has 1 aromatic rings. The summed E-state index contributed by atoms with van der Waals surface area (Å²) in [7, 11) is 0. The van der Waals surface area contributed by atoms with Crippen LogP contribution in [0.5, 0.6) is 0 Å². The molecule has 6 heteroatoms. The van der Waals surface area contributed by atoms with Crippen molar-refractivity contribution in [3.63, 3.8) is 0 Å². The number of rotatable bonds is 4. The molecule has 0 bridgehead atoms. The molecule has 0 spiro atoms. The van der Waals surface area contributed by atoms with E-state index in [2.05, 4.69) is 22.3 Å².